The summed E-state index contributed by atoms with van der Waals surface area (Å²) in [5.74, 6) is -1.32. The zero-order valence-electron chi connectivity index (χ0n) is 9.09. The summed E-state index contributed by atoms with van der Waals surface area (Å²) in [7, 11) is 0. The van der Waals surface area contributed by atoms with Crippen LogP contribution in [0.3, 0.4) is 0 Å². The third-order valence-corrected chi connectivity index (χ3v) is 2.59. The molecule has 1 aliphatic carbocycles. The van der Waals surface area contributed by atoms with E-state index in [4.69, 9.17) is 5.11 Å². The lowest BCUT2D eigenvalue weighted by Crippen LogP contribution is -2.33. The number of aromatic nitrogens is 1. The fourth-order valence-electron chi connectivity index (χ4n) is 1.65. The number of carboxylic acid groups (broad SMARTS) is 1. The van der Waals surface area contributed by atoms with Crippen LogP contribution >= 0.6 is 0 Å². The van der Waals surface area contributed by atoms with E-state index < -0.39 is 5.97 Å². The van der Waals surface area contributed by atoms with Crippen LogP contribution in [0, 0.1) is 0 Å². The van der Waals surface area contributed by atoms with E-state index in [1.165, 1.54) is 18.3 Å². The Morgan fingerprint density at radius 3 is 2.53 bits per heavy atom. The quantitative estimate of drug-likeness (QED) is 0.768. The zero-order valence-corrected chi connectivity index (χ0v) is 9.09. The van der Waals surface area contributed by atoms with Gasteiger partial charge in [0.1, 0.15) is 5.69 Å². The van der Waals surface area contributed by atoms with Crippen molar-refractivity contribution in [2.45, 2.75) is 18.9 Å². The van der Waals surface area contributed by atoms with Gasteiger partial charge in [-0.3, -0.25) is 9.78 Å². The van der Waals surface area contributed by atoms with Gasteiger partial charge >= 0.3 is 5.97 Å². The number of hydrogen-bond acceptors (Lipinski definition) is 3. The maximum atomic E-state index is 11.7. The second-order valence-electron chi connectivity index (χ2n) is 3.85. The molecular formula is C12H12N2O3. The van der Waals surface area contributed by atoms with E-state index in [-0.39, 0.29) is 23.2 Å². The molecule has 2 rings (SSSR count). The lowest BCUT2D eigenvalue weighted by Gasteiger charge is -2.11. The third-order valence-electron chi connectivity index (χ3n) is 2.59. The van der Waals surface area contributed by atoms with Crippen LogP contribution < -0.4 is 5.32 Å². The molecule has 0 aromatic carbocycles. The molecule has 0 aliphatic heterocycles. The summed E-state index contributed by atoms with van der Waals surface area (Å²) in [6, 6.07) is 2.92. The number of amides is 1. The van der Waals surface area contributed by atoms with Crippen molar-refractivity contribution in [3.63, 3.8) is 0 Å². The number of rotatable bonds is 3. The standard InChI is InChI=1S/C12H12N2O3/c15-11(14-9-3-1-2-4-9)10-6-5-8(7-13-10)12(16)17/h1-2,5-7,9H,3-4H2,(H,14,15)(H,16,17). The highest BCUT2D eigenvalue weighted by Gasteiger charge is 2.15. The third kappa shape index (κ3) is 2.69. The Hall–Kier alpha value is -2.17. The maximum absolute atomic E-state index is 11.7. The highest BCUT2D eigenvalue weighted by Crippen LogP contribution is 2.10. The lowest BCUT2D eigenvalue weighted by atomic mass is 10.2. The van der Waals surface area contributed by atoms with Crippen LogP contribution in [-0.4, -0.2) is 28.0 Å². The van der Waals surface area contributed by atoms with Crippen molar-refractivity contribution in [3.8, 4) is 0 Å². The molecule has 0 spiro atoms. The van der Waals surface area contributed by atoms with E-state index in [2.05, 4.69) is 10.3 Å². The summed E-state index contributed by atoms with van der Waals surface area (Å²) >= 11 is 0. The summed E-state index contributed by atoms with van der Waals surface area (Å²) < 4.78 is 0. The van der Waals surface area contributed by atoms with Crippen LogP contribution in [0.2, 0.25) is 0 Å². The van der Waals surface area contributed by atoms with Crippen LogP contribution in [0.4, 0.5) is 0 Å². The molecule has 1 amide bonds. The summed E-state index contributed by atoms with van der Waals surface area (Å²) in [4.78, 5) is 26.2. The predicted octanol–water partition coefficient (Wildman–Crippen LogP) is 1.23. The van der Waals surface area contributed by atoms with Crippen molar-refractivity contribution in [2.24, 2.45) is 0 Å². The SMILES string of the molecule is O=C(O)c1ccc(C(=O)NC2CC=CC2)nc1. The molecule has 17 heavy (non-hydrogen) atoms. The summed E-state index contributed by atoms with van der Waals surface area (Å²) in [5, 5.41) is 11.5. The number of nitrogens with zero attached hydrogens (tertiary/aromatic N) is 1. The summed E-state index contributed by atoms with van der Waals surface area (Å²) in [6.45, 7) is 0. The topological polar surface area (TPSA) is 79.3 Å². The molecule has 2 N–H and O–H groups in total. The Kier molecular flexibility index (Phi) is 3.18. The molecule has 1 heterocycles. The highest BCUT2D eigenvalue weighted by atomic mass is 16.4. The molecule has 0 atom stereocenters. The molecule has 0 saturated heterocycles. The highest BCUT2D eigenvalue weighted by molar-refractivity contribution is 5.93. The minimum atomic E-state index is -1.05. The molecule has 5 nitrogen and oxygen atoms in total. The molecule has 0 unspecified atom stereocenters. The molecule has 0 bridgehead atoms. The molecule has 0 fully saturated rings. The van der Waals surface area contributed by atoms with Gasteiger partial charge in [0.15, 0.2) is 0 Å². The normalized spacial score (nSPS) is 14.8. The molecule has 1 aliphatic rings. The number of hydrogen-bond donors (Lipinski definition) is 2. The summed E-state index contributed by atoms with van der Waals surface area (Å²) in [6.07, 6.45) is 6.89. The number of nitrogens with one attached hydrogen (secondary N) is 1. The summed E-state index contributed by atoms with van der Waals surface area (Å²) in [5.41, 5.74) is 0.311. The van der Waals surface area contributed by atoms with Gasteiger partial charge in [-0.2, -0.15) is 0 Å². The van der Waals surface area contributed by atoms with Crippen LogP contribution in [0.25, 0.3) is 0 Å². The van der Waals surface area contributed by atoms with Crippen molar-refractivity contribution >= 4 is 11.9 Å². The van der Waals surface area contributed by atoms with Crippen LogP contribution in [0.5, 0.6) is 0 Å². The van der Waals surface area contributed by atoms with Gasteiger partial charge in [0.2, 0.25) is 0 Å². The van der Waals surface area contributed by atoms with Crippen LogP contribution in [-0.2, 0) is 0 Å². The predicted molar refractivity (Wildman–Crippen MR) is 60.8 cm³/mol. The van der Waals surface area contributed by atoms with Gasteiger partial charge in [-0.25, -0.2) is 4.79 Å². The first-order chi connectivity index (χ1) is 8.16. The first-order valence-electron chi connectivity index (χ1n) is 5.32. The van der Waals surface area contributed by atoms with E-state index in [0.717, 1.165) is 12.8 Å². The van der Waals surface area contributed by atoms with Crippen molar-refractivity contribution < 1.29 is 14.7 Å². The van der Waals surface area contributed by atoms with E-state index >= 15 is 0 Å². The molecule has 0 saturated carbocycles. The fraction of sp³-hybridized carbons (Fsp3) is 0.250. The van der Waals surface area contributed by atoms with Gasteiger partial charge in [0.25, 0.3) is 5.91 Å². The Morgan fingerprint density at radius 2 is 2.00 bits per heavy atom. The Bertz CT molecular complexity index is 457. The molecule has 1 aromatic rings. The van der Waals surface area contributed by atoms with Gasteiger partial charge in [-0.05, 0) is 25.0 Å². The second kappa shape index (κ2) is 4.78. The minimum absolute atomic E-state index is 0.0732. The largest absolute Gasteiger partial charge is 0.478 e. The van der Waals surface area contributed by atoms with Crippen molar-refractivity contribution in [3.05, 3.63) is 41.7 Å². The van der Waals surface area contributed by atoms with Crippen molar-refractivity contribution in [2.75, 3.05) is 0 Å². The number of pyridine rings is 1. The monoisotopic (exact) mass is 232 g/mol. The number of carbonyl (C=O) groups excluding carboxylic acids is 1. The van der Waals surface area contributed by atoms with Gasteiger partial charge in [-0.15, -0.1) is 0 Å². The first-order valence-corrected chi connectivity index (χ1v) is 5.32. The molecule has 0 radical (unpaired) electrons. The van der Waals surface area contributed by atoms with Crippen LogP contribution in [0.1, 0.15) is 33.7 Å². The Morgan fingerprint density at radius 1 is 1.29 bits per heavy atom. The number of aromatic carboxylic acids is 1. The fourth-order valence-corrected chi connectivity index (χ4v) is 1.65. The van der Waals surface area contributed by atoms with Crippen LogP contribution in [0.15, 0.2) is 30.5 Å². The second-order valence-corrected chi connectivity index (χ2v) is 3.85. The van der Waals surface area contributed by atoms with Gasteiger partial charge in [0.05, 0.1) is 5.56 Å². The Balaban J connectivity index is 2.01. The van der Waals surface area contributed by atoms with E-state index in [9.17, 15) is 9.59 Å². The van der Waals surface area contributed by atoms with E-state index in [1.54, 1.807) is 0 Å². The maximum Gasteiger partial charge on any atom is 0.337 e. The minimum Gasteiger partial charge on any atom is -0.478 e. The molecule has 5 heteroatoms. The van der Waals surface area contributed by atoms with Gasteiger partial charge in [0, 0.05) is 12.2 Å². The van der Waals surface area contributed by atoms with E-state index in [0.29, 0.717) is 0 Å². The average molecular weight is 232 g/mol. The molecule has 1 aromatic heterocycles. The molecule has 88 valence electrons. The zero-order chi connectivity index (χ0) is 12.3. The van der Waals surface area contributed by atoms with Crippen molar-refractivity contribution in [1.29, 1.82) is 0 Å². The van der Waals surface area contributed by atoms with Crippen molar-refractivity contribution in [1.82, 2.24) is 10.3 Å². The van der Waals surface area contributed by atoms with Gasteiger partial charge < -0.3 is 10.4 Å². The first kappa shape index (κ1) is 11.3. The lowest BCUT2D eigenvalue weighted by molar-refractivity contribution is 0.0695. The van der Waals surface area contributed by atoms with Gasteiger partial charge in [-0.1, -0.05) is 12.2 Å². The van der Waals surface area contributed by atoms with E-state index in [1.807, 2.05) is 12.2 Å². The smallest absolute Gasteiger partial charge is 0.337 e. The Labute approximate surface area is 98.2 Å². The number of carboxylic acids is 1. The average Bonchev–Trinajstić information content (AvgIpc) is 2.82. The molecular weight excluding hydrogens is 220 g/mol. The number of carbonyl (C=O) groups is 2.